The lowest BCUT2D eigenvalue weighted by Crippen LogP contribution is -2.23. The number of anilines is 1. The highest BCUT2D eigenvalue weighted by atomic mass is 19.2. The molecule has 0 aliphatic carbocycles. The lowest BCUT2D eigenvalue weighted by Gasteiger charge is -2.09. The van der Waals surface area contributed by atoms with Crippen LogP contribution in [0.1, 0.15) is 11.1 Å². The van der Waals surface area contributed by atoms with Crippen molar-refractivity contribution >= 4 is 17.6 Å². The van der Waals surface area contributed by atoms with Gasteiger partial charge in [-0.05, 0) is 49.2 Å². The summed E-state index contributed by atoms with van der Waals surface area (Å²) in [5, 5.41) is 2.29. The van der Waals surface area contributed by atoms with E-state index in [1.807, 2.05) is 19.9 Å². The molecule has 7 heteroatoms. The van der Waals surface area contributed by atoms with E-state index in [4.69, 9.17) is 9.47 Å². The molecule has 2 rings (SSSR count). The van der Waals surface area contributed by atoms with Crippen LogP contribution in [0.2, 0.25) is 0 Å². The van der Waals surface area contributed by atoms with Crippen LogP contribution in [-0.4, -0.2) is 25.1 Å². The number of hydrogen-bond acceptors (Lipinski definition) is 4. The molecule has 1 amide bonds. The molecule has 5 nitrogen and oxygen atoms in total. The zero-order valence-corrected chi connectivity index (χ0v) is 13.8. The van der Waals surface area contributed by atoms with Gasteiger partial charge in [-0.25, -0.2) is 13.6 Å². The lowest BCUT2D eigenvalue weighted by atomic mass is 10.1. The Morgan fingerprint density at radius 2 is 1.72 bits per heavy atom. The summed E-state index contributed by atoms with van der Waals surface area (Å²) < 4.78 is 35.9. The molecular formula is C18H17F2NO4. The van der Waals surface area contributed by atoms with Crippen molar-refractivity contribution in [2.24, 2.45) is 0 Å². The molecule has 0 heterocycles. The summed E-state index contributed by atoms with van der Waals surface area (Å²) in [4.78, 5) is 23.2. The third-order valence-corrected chi connectivity index (χ3v) is 3.40. The fraction of sp³-hybridized carbons (Fsp3) is 0.222. The highest BCUT2D eigenvalue weighted by Gasteiger charge is 2.10. The number of esters is 1. The maximum absolute atomic E-state index is 13.0. The topological polar surface area (TPSA) is 64.6 Å². The first kappa shape index (κ1) is 18.4. The number of carbonyl (C=O) groups excluding carboxylic acids is 2. The van der Waals surface area contributed by atoms with Crippen molar-refractivity contribution in [3.8, 4) is 5.75 Å². The molecule has 1 N–H and O–H groups in total. The zero-order valence-electron chi connectivity index (χ0n) is 13.8. The maximum Gasteiger partial charge on any atom is 0.344 e. The van der Waals surface area contributed by atoms with Crippen LogP contribution in [0.3, 0.4) is 0 Å². The third kappa shape index (κ3) is 5.56. The van der Waals surface area contributed by atoms with Gasteiger partial charge in [-0.2, -0.15) is 0 Å². The lowest BCUT2D eigenvalue weighted by molar-refractivity contribution is -0.149. The van der Waals surface area contributed by atoms with E-state index >= 15 is 0 Å². The van der Waals surface area contributed by atoms with Gasteiger partial charge < -0.3 is 14.8 Å². The molecule has 2 aromatic carbocycles. The van der Waals surface area contributed by atoms with Crippen molar-refractivity contribution < 1.29 is 27.8 Å². The van der Waals surface area contributed by atoms with Gasteiger partial charge in [0.2, 0.25) is 0 Å². The number of ether oxygens (including phenoxy) is 2. The number of amides is 1. The van der Waals surface area contributed by atoms with Crippen LogP contribution < -0.4 is 10.1 Å². The molecule has 0 bridgehead atoms. The summed E-state index contributed by atoms with van der Waals surface area (Å²) in [7, 11) is 0. The summed E-state index contributed by atoms with van der Waals surface area (Å²) in [5.74, 6) is -2.99. The molecule has 0 saturated carbocycles. The minimum atomic E-state index is -1.09. The molecule has 0 aliphatic rings. The Morgan fingerprint density at radius 3 is 2.40 bits per heavy atom. The number of hydrogen-bond donors (Lipinski definition) is 1. The quantitative estimate of drug-likeness (QED) is 0.814. The molecule has 0 spiro atoms. The van der Waals surface area contributed by atoms with Gasteiger partial charge in [-0.1, -0.05) is 6.07 Å². The van der Waals surface area contributed by atoms with Gasteiger partial charge in [0.25, 0.3) is 5.91 Å². The van der Waals surface area contributed by atoms with Crippen molar-refractivity contribution in [2.75, 3.05) is 18.5 Å². The minimum Gasteiger partial charge on any atom is -0.482 e. The Bertz CT molecular complexity index is 793. The van der Waals surface area contributed by atoms with Crippen molar-refractivity contribution in [1.82, 2.24) is 0 Å². The Kier molecular flexibility index (Phi) is 6.05. The van der Waals surface area contributed by atoms with Gasteiger partial charge in [0.1, 0.15) is 5.75 Å². The fourth-order valence-corrected chi connectivity index (χ4v) is 1.90. The Hall–Kier alpha value is -2.96. The van der Waals surface area contributed by atoms with Crippen molar-refractivity contribution in [3.05, 3.63) is 59.2 Å². The molecule has 0 saturated heterocycles. The highest BCUT2D eigenvalue weighted by molar-refractivity contribution is 5.92. The SMILES string of the molecule is Cc1ccc(OCC(=O)OCC(=O)Nc2ccc(F)c(F)c2)cc1C. The van der Waals surface area contributed by atoms with Gasteiger partial charge in [-0.15, -0.1) is 0 Å². The number of nitrogens with one attached hydrogen (secondary N) is 1. The van der Waals surface area contributed by atoms with E-state index in [-0.39, 0.29) is 12.3 Å². The summed E-state index contributed by atoms with van der Waals surface area (Å²) >= 11 is 0. The summed E-state index contributed by atoms with van der Waals surface area (Å²) in [6.45, 7) is 2.97. The predicted molar refractivity (Wildman–Crippen MR) is 87.4 cm³/mol. The molecule has 0 radical (unpaired) electrons. The van der Waals surface area contributed by atoms with E-state index in [1.54, 1.807) is 12.1 Å². The molecule has 25 heavy (non-hydrogen) atoms. The number of aryl methyl sites for hydroxylation is 2. The van der Waals surface area contributed by atoms with E-state index in [9.17, 15) is 18.4 Å². The van der Waals surface area contributed by atoms with E-state index in [0.29, 0.717) is 5.75 Å². The second kappa shape index (κ2) is 8.23. The Balaban J connectivity index is 1.76. The Labute approximate surface area is 143 Å². The first-order valence-corrected chi connectivity index (χ1v) is 7.45. The van der Waals surface area contributed by atoms with E-state index in [1.165, 1.54) is 6.07 Å². The second-order valence-electron chi connectivity index (χ2n) is 5.37. The highest BCUT2D eigenvalue weighted by Crippen LogP contribution is 2.16. The van der Waals surface area contributed by atoms with Gasteiger partial charge in [0.15, 0.2) is 24.8 Å². The molecular weight excluding hydrogens is 332 g/mol. The molecule has 0 aromatic heterocycles. The van der Waals surface area contributed by atoms with Crippen molar-refractivity contribution in [3.63, 3.8) is 0 Å². The standard InChI is InChI=1S/C18H17F2NO4/c1-11-3-5-14(7-12(11)2)24-10-18(23)25-9-17(22)21-13-4-6-15(19)16(20)8-13/h3-8H,9-10H2,1-2H3,(H,21,22). The molecule has 2 aromatic rings. The number of halogens is 2. The number of benzene rings is 2. The predicted octanol–water partition coefficient (Wildman–Crippen LogP) is 3.14. The summed E-state index contributed by atoms with van der Waals surface area (Å²) in [6, 6.07) is 8.29. The van der Waals surface area contributed by atoms with E-state index in [0.717, 1.165) is 23.3 Å². The van der Waals surface area contributed by atoms with Gasteiger partial charge in [0.05, 0.1) is 0 Å². The van der Waals surface area contributed by atoms with Crippen LogP contribution in [0, 0.1) is 25.5 Å². The number of carbonyl (C=O) groups is 2. The largest absolute Gasteiger partial charge is 0.482 e. The minimum absolute atomic E-state index is 0.0614. The van der Waals surface area contributed by atoms with Crippen molar-refractivity contribution in [2.45, 2.75) is 13.8 Å². The van der Waals surface area contributed by atoms with Crippen LogP contribution in [-0.2, 0) is 14.3 Å². The van der Waals surface area contributed by atoms with Gasteiger partial charge in [-0.3, -0.25) is 4.79 Å². The van der Waals surface area contributed by atoms with Gasteiger partial charge in [0, 0.05) is 11.8 Å². The first-order chi connectivity index (χ1) is 11.8. The molecule has 0 fully saturated rings. The molecule has 0 aliphatic heterocycles. The van der Waals surface area contributed by atoms with Crippen LogP contribution >= 0.6 is 0 Å². The average molecular weight is 349 g/mol. The smallest absolute Gasteiger partial charge is 0.344 e. The average Bonchev–Trinajstić information content (AvgIpc) is 2.57. The van der Waals surface area contributed by atoms with E-state index < -0.39 is 30.1 Å². The summed E-state index contributed by atoms with van der Waals surface area (Å²) in [5.41, 5.74) is 2.19. The fourth-order valence-electron chi connectivity index (χ4n) is 1.90. The van der Waals surface area contributed by atoms with E-state index in [2.05, 4.69) is 5.32 Å². The third-order valence-electron chi connectivity index (χ3n) is 3.40. The normalized spacial score (nSPS) is 10.2. The van der Waals surface area contributed by atoms with Crippen LogP contribution in [0.15, 0.2) is 36.4 Å². The second-order valence-corrected chi connectivity index (χ2v) is 5.37. The maximum atomic E-state index is 13.0. The first-order valence-electron chi connectivity index (χ1n) is 7.45. The van der Waals surface area contributed by atoms with Crippen LogP contribution in [0.4, 0.5) is 14.5 Å². The molecule has 0 atom stereocenters. The van der Waals surface area contributed by atoms with Crippen LogP contribution in [0.25, 0.3) is 0 Å². The van der Waals surface area contributed by atoms with Crippen molar-refractivity contribution in [1.29, 1.82) is 0 Å². The zero-order chi connectivity index (χ0) is 18.4. The monoisotopic (exact) mass is 349 g/mol. The van der Waals surface area contributed by atoms with Gasteiger partial charge >= 0.3 is 5.97 Å². The number of rotatable bonds is 6. The Morgan fingerprint density at radius 1 is 0.960 bits per heavy atom. The molecule has 0 unspecified atom stereocenters. The summed E-state index contributed by atoms with van der Waals surface area (Å²) in [6.07, 6.45) is 0. The molecule has 132 valence electrons. The van der Waals surface area contributed by atoms with Crippen LogP contribution in [0.5, 0.6) is 5.75 Å².